The number of ether oxygens (including phenoxy) is 2. The molecule has 0 radical (unpaired) electrons. The predicted octanol–water partition coefficient (Wildman–Crippen LogP) is 8.05. The Balaban J connectivity index is 0.915. The summed E-state index contributed by atoms with van der Waals surface area (Å²) in [6, 6.07) is 24.3. The lowest BCUT2D eigenvalue weighted by atomic mass is 10.2. The van der Waals surface area contributed by atoms with Crippen molar-refractivity contribution in [2.45, 2.75) is 9.79 Å². The molecule has 5 aromatic carbocycles. The summed E-state index contributed by atoms with van der Waals surface area (Å²) in [5.41, 5.74) is 1.26. The van der Waals surface area contributed by atoms with Crippen molar-refractivity contribution in [2.24, 2.45) is 9.98 Å². The van der Waals surface area contributed by atoms with Crippen LogP contribution in [-0.4, -0.2) is 142 Å². The second-order valence-electron chi connectivity index (χ2n) is 16.8. The number of aliphatic hydroxyl groups is 2. The molecule has 80 heavy (non-hydrogen) atoms. The van der Waals surface area contributed by atoms with E-state index in [0.717, 1.165) is 11.4 Å². The Morgan fingerprint density at radius 3 is 1.25 bits per heavy atom. The molecule has 0 amide bonds. The summed E-state index contributed by atoms with van der Waals surface area (Å²) in [6.07, 6.45) is 0. The molecule has 0 fully saturated rings. The molecule has 0 unspecified atom stereocenters. The molecule has 0 aliphatic carbocycles. The predicted molar refractivity (Wildman–Crippen MR) is 310 cm³/mol. The van der Waals surface area contributed by atoms with E-state index in [-0.39, 0.29) is 129 Å². The third-order valence-corrected chi connectivity index (χ3v) is 16.2. The van der Waals surface area contributed by atoms with Crippen molar-refractivity contribution in [3.8, 4) is 23.0 Å². The SMILES string of the molecule is O=S(=O)(O)c1c(NCCNc2nc(Cl)nc(N(CCSCCO)c3ccccc3)n2)ccc2c1Oc1c(Cl)c3c(c(Cl)c1=N2)Oc1c(ccc(NCCNc2nc(Cl)nc(N(CCSCCO)c4ccccc4)n2)c1S(=O)(=O)O)N=3. The summed E-state index contributed by atoms with van der Waals surface area (Å²) in [7, 11) is -10.1. The minimum absolute atomic E-state index is 0.0429. The van der Waals surface area contributed by atoms with Crippen molar-refractivity contribution in [2.75, 3.05) is 107 Å². The van der Waals surface area contributed by atoms with Gasteiger partial charge in [-0.25, -0.2) is 9.98 Å². The molecule has 0 bridgehead atoms. The molecule has 7 aromatic rings. The van der Waals surface area contributed by atoms with Gasteiger partial charge in [-0.3, -0.25) is 9.11 Å². The second kappa shape index (κ2) is 26.1. The Kier molecular flexibility index (Phi) is 19.0. The number of thioether (sulfide) groups is 2. The first kappa shape index (κ1) is 58.4. The largest absolute Gasteiger partial charge is 0.450 e. The third-order valence-electron chi connectivity index (χ3n) is 11.5. The van der Waals surface area contributed by atoms with Crippen LogP contribution in [0, 0.1) is 0 Å². The minimum Gasteiger partial charge on any atom is -0.450 e. The van der Waals surface area contributed by atoms with E-state index >= 15 is 0 Å². The van der Waals surface area contributed by atoms with Crippen LogP contribution in [0.5, 0.6) is 23.0 Å². The van der Waals surface area contributed by atoms with E-state index < -0.39 is 41.5 Å². The molecule has 0 saturated heterocycles. The number of nitrogens with one attached hydrogen (secondary N) is 4. The highest BCUT2D eigenvalue weighted by Gasteiger charge is 2.35. The highest BCUT2D eigenvalue weighted by Crippen LogP contribution is 2.49. The van der Waals surface area contributed by atoms with Gasteiger partial charge in [0.25, 0.3) is 20.2 Å². The molecule has 24 nitrogen and oxygen atoms in total. The van der Waals surface area contributed by atoms with Crippen molar-refractivity contribution in [1.82, 2.24) is 29.9 Å². The number of benzene rings is 5. The van der Waals surface area contributed by atoms with Gasteiger partial charge in [-0.15, -0.1) is 0 Å². The van der Waals surface area contributed by atoms with Crippen LogP contribution in [0.3, 0.4) is 0 Å². The summed E-state index contributed by atoms with van der Waals surface area (Å²) in [5, 5.41) is 29.6. The van der Waals surface area contributed by atoms with Gasteiger partial charge >= 0.3 is 0 Å². The standard InChI is InChI=1S/C48H46Cl4N14O10S4/c49-33-36-40(76-38-30(58-36)12-14-32(42(38)80(72,73)74)54-16-18-56-46-60-44(52)62-48(64-46)66(20-24-78-26-22-68)28-9-5-2-6-10-28)34(50)35-39(33)75-37-29(57-35)11-13-31(41(37)79(69,70)71)53-15-17-55-45-59-43(51)61-47(63-45)65(19-23-77-25-21-67)27-7-3-1-4-8-27/h1-14,53-54,67-68H,15-26H2,(H,69,70,71)(H,72,73,74)(H,55,59,61,63)(H,56,60,62,64). The number of aliphatic hydroxyl groups excluding tert-OH is 2. The fourth-order valence-corrected chi connectivity index (χ4v) is 11.8. The Morgan fingerprint density at radius 2 is 0.875 bits per heavy atom. The van der Waals surface area contributed by atoms with E-state index in [4.69, 9.17) is 55.9 Å². The smallest absolute Gasteiger partial charge is 0.300 e. The van der Waals surface area contributed by atoms with Crippen LogP contribution in [0.15, 0.2) is 105 Å². The van der Waals surface area contributed by atoms with Gasteiger partial charge in [0.15, 0.2) is 32.8 Å². The molecule has 0 spiro atoms. The molecule has 8 N–H and O–H groups in total. The number of hydrogen-bond acceptors (Lipinski definition) is 24. The zero-order chi connectivity index (χ0) is 56.6. The number of rotatable bonds is 26. The van der Waals surface area contributed by atoms with Gasteiger partial charge in [0.05, 0.1) is 24.6 Å². The van der Waals surface area contributed by atoms with Gasteiger partial charge in [0, 0.05) is 73.7 Å². The van der Waals surface area contributed by atoms with Crippen LogP contribution in [0.4, 0.5) is 57.9 Å². The number of para-hydroxylation sites is 2. The van der Waals surface area contributed by atoms with Crippen LogP contribution in [0.2, 0.25) is 20.6 Å². The summed E-state index contributed by atoms with van der Waals surface area (Å²) in [6.45, 7) is 1.38. The summed E-state index contributed by atoms with van der Waals surface area (Å²) < 4.78 is 86.0. The lowest BCUT2D eigenvalue weighted by Crippen LogP contribution is -2.24. The fraction of sp³-hybridized carbons (Fsp3) is 0.250. The number of anilines is 8. The first-order valence-electron chi connectivity index (χ1n) is 24.0. The molecule has 2 aromatic heterocycles. The molecule has 2 aliphatic rings. The van der Waals surface area contributed by atoms with Gasteiger partial charge in [0.2, 0.25) is 34.4 Å². The van der Waals surface area contributed by atoms with E-state index in [0.29, 0.717) is 36.1 Å². The molecule has 2 aliphatic heterocycles. The van der Waals surface area contributed by atoms with Crippen molar-refractivity contribution >= 4 is 148 Å². The van der Waals surface area contributed by atoms with Crippen molar-refractivity contribution in [3.05, 3.63) is 116 Å². The third kappa shape index (κ3) is 13.7. The molecule has 0 atom stereocenters. The Labute approximate surface area is 486 Å². The Hall–Kier alpha value is -6.28. The number of hydrogen-bond donors (Lipinski definition) is 8. The molecule has 0 saturated carbocycles. The zero-order valence-electron chi connectivity index (χ0n) is 41.4. The van der Waals surface area contributed by atoms with Crippen molar-refractivity contribution in [1.29, 1.82) is 0 Å². The highest BCUT2D eigenvalue weighted by atomic mass is 35.5. The number of fused-ring (bicyclic) bond motifs is 4. The summed E-state index contributed by atoms with van der Waals surface area (Å²) in [5.74, 6) is 1.87. The normalized spacial score (nSPS) is 12.3. The quantitative estimate of drug-likeness (QED) is 0.0188. The maximum atomic E-state index is 13.1. The van der Waals surface area contributed by atoms with E-state index in [9.17, 15) is 36.2 Å². The molecule has 32 heteroatoms. The maximum Gasteiger partial charge on any atom is 0.300 e. The molecule has 420 valence electrons. The van der Waals surface area contributed by atoms with Gasteiger partial charge in [-0.2, -0.15) is 70.3 Å². The molecular weight excluding hydrogens is 1200 g/mol. The monoisotopic (exact) mass is 1250 g/mol. The molecular formula is C48H46Cl4N14O10S4. The van der Waals surface area contributed by atoms with Crippen molar-refractivity contribution < 1.29 is 45.6 Å². The maximum absolute atomic E-state index is 13.1. The van der Waals surface area contributed by atoms with Crippen LogP contribution < -0.4 is 51.3 Å². The van der Waals surface area contributed by atoms with Gasteiger partial charge in [0.1, 0.15) is 32.1 Å². The van der Waals surface area contributed by atoms with Crippen molar-refractivity contribution in [3.63, 3.8) is 0 Å². The molecule has 4 heterocycles. The topological polar surface area (TPSA) is 324 Å². The van der Waals surface area contributed by atoms with Gasteiger partial charge in [-0.05, 0) is 71.7 Å². The molecule has 9 rings (SSSR count). The van der Waals surface area contributed by atoms with Crippen LogP contribution in [0.1, 0.15) is 0 Å². The average molecular weight is 1250 g/mol. The number of nitrogens with zero attached hydrogens (tertiary/aromatic N) is 10. The van der Waals surface area contributed by atoms with Crippen LogP contribution >= 0.6 is 69.9 Å². The first-order chi connectivity index (χ1) is 38.5. The number of aromatic nitrogens is 6. The van der Waals surface area contributed by atoms with Crippen LogP contribution in [-0.2, 0) is 20.2 Å². The van der Waals surface area contributed by atoms with E-state index in [1.807, 2.05) is 70.5 Å². The van der Waals surface area contributed by atoms with Crippen LogP contribution in [0.25, 0.3) is 0 Å². The van der Waals surface area contributed by atoms with E-state index in [2.05, 4.69) is 61.2 Å². The van der Waals surface area contributed by atoms with E-state index in [1.165, 1.54) is 24.3 Å². The fourth-order valence-electron chi connectivity index (χ4n) is 8.09. The average Bonchev–Trinajstić information content (AvgIpc) is 3.58. The second-order valence-corrected chi connectivity index (χ2v) is 23.4. The highest BCUT2D eigenvalue weighted by molar-refractivity contribution is 7.99. The minimum atomic E-state index is -5.05. The van der Waals surface area contributed by atoms with Gasteiger partial charge in [-0.1, -0.05) is 59.6 Å². The Bertz CT molecular complexity index is 3540. The van der Waals surface area contributed by atoms with E-state index in [1.54, 1.807) is 23.5 Å². The first-order valence-corrected chi connectivity index (χ1v) is 30.7. The lowest BCUT2D eigenvalue weighted by Gasteiger charge is -2.24. The van der Waals surface area contributed by atoms with Gasteiger partial charge < -0.3 is 50.8 Å². The Morgan fingerprint density at radius 1 is 0.487 bits per heavy atom. The summed E-state index contributed by atoms with van der Waals surface area (Å²) in [4.78, 5) is 37.6. The lowest BCUT2D eigenvalue weighted by molar-refractivity contribution is 0.322. The summed E-state index contributed by atoms with van der Waals surface area (Å²) >= 11 is 29.7. The zero-order valence-corrected chi connectivity index (χ0v) is 47.7. The number of halogens is 4.